The third-order valence-electron chi connectivity index (χ3n) is 1.28. The molecule has 0 aromatic heterocycles. The van der Waals surface area contributed by atoms with Gasteiger partial charge < -0.3 is 0 Å². The molecule has 0 aliphatic rings. The van der Waals surface area contributed by atoms with Crippen LogP contribution < -0.4 is 0 Å². The Bertz CT molecular complexity index is 115. The number of rotatable bonds is 3. The van der Waals surface area contributed by atoms with Crippen molar-refractivity contribution in [2.24, 2.45) is 5.92 Å². The molecule has 0 N–H and O–H groups in total. The van der Waals surface area contributed by atoms with Crippen molar-refractivity contribution in [2.75, 3.05) is 0 Å². The second-order valence-corrected chi connectivity index (χ2v) is 2.48. The Morgan fingerprint density at radius 3 is 2.22 bits per heavy atom. The maximum atomic E-state index is 10.5. The fourth-order valence-electron chi connectivity index (χ4n) is 0.703. The first-order valence-corrected chi connectivity index (χ1v) is 3.32. The van der Waals surface area contributed by atoms with Crippen LogP contribution in [0, 0.1) is 5.92 Å². The Morgan fingerprint density at radius 1 is 1.78 bits per heavy atom. The standard InChI is InChI=1S/C7H11ClO/c1-4-6(5(2)3)7(8)9/h6H,2,4H2,1,3H3. The van der Waals surface area contributed by atoms with Crippen LogP contribution >= 0.6 is 11.6 Å². The molecule has 1 nitrogen and oxygen atoms in total. The molecular formula is C7H11ClO. The van der Waals surface area contributed by atoms with Gasteiger partial charge >= 0.3 is 0 Å². The molecule has 0 rings (SSSR count). The third kappa shape index (κ3) is 2.66. The predicted molar refractivity (Wildman–Crippen MR) is 39.5 cm³/mol. The summed E-state index contributed by atoms with van der Waals surface area (Å²) in [5, 5.41) is -0.301. The molecule has 0 spiro atoms. The molecule has 1 atom stereocenters. The summed E-state index contributed by atoms with van der Waals surface area (Å²) in [4.78, 5) is 10.5. The summed E-state index contributed by atoms with van der Waals surface area (Å²) in [6, 6.07) is 0. The smallest absolute Gasteiger partial charge is 0.228 e. The van der Waals surface area contributed by atoms with E-state index in [1.54, 1.807) is 0 Å². The first kappa shape index (κ1) is 8.70. The lowest BCUT2D eigenvalue weighted by atomic mass is 10.0. The lowest BCUT2D eigenvalue weighted by Crippen LogP contribution is -2.07. The molecule has 0 saturated carbocycles. The summed E-state index contributed by atoms with van der Waals surface area (Å²) in [5.41, 5.74) is 0.845. The fraction of sp³-hybridized carbons (Fsp3) is 0.571. The molecule has 0 saturated heterocycles. The molecule has 9 heavy (non-hydrogen) atoms. The van der Waals surface area contributed by atoms with Crippen LogP contribution in [0.15, 0.2) is 12.2 Å². The Balaban J connectivity index is 3.99. The molecule has 2 heteroatoms. The van der Waals surface area contributed by atoms with E-state index >= 15 is 0 Å². The molecule has 0 amide bonds. The number of halogens is 1. The lowest BCUT2D eigenvalue weighted by molar-refractivity contribution is -0.114. The highest BCUT2D eigenvalue weighted by molar-refractivity contribution is 6.64. The zero-order chi connectivity index (χ0) is 7.44. The molecular weight excluding hydrogens is 136 g/mol. The molecule has 0 aromatic carbocycles. The van der Waals surface area contributed by atoms with Crippen molar-refractivity contribution in [3.8, 4) is 0 Å². The highest BCUT2D eigenvalue weighted by Gasteiger charge is 2.13. The Morgan fingerprint density at radius 2 is 2.22 bits per heavy atom. The average Bonchev–Trinajstić information content (AvgIpc) is 1.64. The van der Waals surface area contributed by atoms with Gasteiger partial charge in [0.2, 0.25) is 5.24 Å². The monoisotopic (exact) mass is 146 g/mol. The fourth-order valence-corrected chi connectivity index (χ4v) is 1.04. The van der Waals surface area contributed by atoms with Crippen LogP contribution in [0.1, 0.15) is 20.3 Å². The van der Waals surface area contributed by atoms with Gasteiger partial charge in [-0.1, -0.05) is 19.1 Å². The van der Waals surface area contributed by atoms with Gasteiger partial charge in [-0.25, -0.2) is 0 Å². The van der Waals surface area contributed by atoms with Gasteiger partial charge in [-0.15, -0.1) is 0 Å². The molecule has 1 unspecified atom stereocenters. The number of hydrogen-bond donors (Lipinski definition) is 0. The summed E-state index contributed by atoms with van der Waals surface area (Å²) in [6.45, 7) is 7.37. The van der Waals surface area contributed by atoms with Gasteiger partial charge in [0.25, 0.3) is 0 Å². The van der Waals surface area contributed by atoms with Crippen molar-refractivity contribution in [1.29, 1.82) is 0 Å². The SMILES string of the molecule is C=C(C)C(CC)C(=O)Cl. The minimum Gasteiger partial charge on any atom is -0.281 e. The molecule has 0 aliphatic carbocycles. The topological polar surface area (TPSA) is 17.1 Å². The van der Waals surface area contributed by atoms with Crippen LogP contribution in [0.5, 0.6) is 0 Å². The highest BCUT2D eigenvalue weighted by Crippen LogP contribution is 2.15. The maximum Gasteiger partial charge on any atom is 0.228 e. The van der Waals surface area contributed by atoms with Crippen LogP contribution in [0.25, 0.3) is 0 Å². The van der Waals surface area contributed by atoms with Crippen LogP contribution in [-0.2, 0) is 4.79 Å². The Kier molecular flexibility index (Phi) is 3.55. The number of hydrogen-bond acceptors (Lipinski definition) is 1. The number of carbonyl (C=O) groups excluding carboxylic acids is 1. The van der Waals surface area contributed by atoms with E-state index in [-0.39, 0.29) is 11.2 Å². The number of allylic oxidation sites excluding steroid dienone is 1. The van der Waals surface area contributed by atoms with Crippen LogP contribution in [0.4, 0.5) is 0 Å². The first-order valence-electron chi connectivity index (χ1n) is 2.94. The minimum atomic E-state index is -0.301. The van der Waals surface area contributed by atoms with E-state index in [9.17, 15) is 4.79 Å². The third-order valence-corrected chi connectivity index (χ3v) is 1.54. The Labute approximate surface area is 60.7 Å². The quantitative estimate of drug-likeness (QED) is 0.441. The van der Waals surface area contributed by atoms with Gasteiger partial charge in [0.05, 0.1) is 5.92 Å². The van der Waals surface area contributed by atoms with Gasteiger partial charge in [0.15, 0.2) is 0 Å². The van der Waals surface area contributed by atoms with Gasteiger partial charge in [-0.05, 0) is 24.9 Å². The Hall–Kier alpha value is -0.300. The molecule has 0 fully saturated rings. The van der Waals surface area contributed by atoms with Crippen LogP contribution in [0.2, 0.25) is 0 Å². The minimum absolute atomic E-state index is 0.147. The predicted octanol–water partition coefficient (Wildman–Crippen LogP) is 2.35. The van der Waals surface area contributed by atoms with Gasteiger partial charge in [-0.3, -0.25) is 4.79 Å². The van der Waals surface area contributed by atoms with Crippen molar-refractivity contribution < 1.29 is 4.79 Å². The van der Waals surface area contributed by atoms with E-state index in [0.717, 1.165) is 12.0 Å². The zero-order valence-corrected chi connectivity index (χ0v) is 6.53. The zero-order valence-electron chi connectivity index (χ0n) is 5.78. The second-order valence-electron chi connectivity index (χ2n) is 2.11. The van der Waals surface area contributed by atoms with Gasteiger partial charge in [0, 0.05) is 0 Å². The van der Waals surface area contributed by atoms with Crippen molar-refractivity contribution in [3.05, 3.63) is 12.2 Å². The summed E-state index contributed by atoms with van der Waals surface area (Å²) in [6.07, 6.45) is 0.748. The molecule has 52 valence electrons. The molecule has 0 bridgehead atoms. The average molecular weight is 147 g/mol. The van der Waals surface area contributed by atoms with E-state index in [0.29, 0.717) is 0 Å². The lowest BCUT2D eigenvalue weighted by Gasteiger charge is -2.06. The number of carbonyl (C=O) groups is 1. The van der Waals surface area contributed by atoms with Gasteiger partial charge in [0.1, 0.15) is 0 Å². The molecule has 0 radical (unpaired) electrons. The van der Waals surface area contributed by atoms with Crippen LogP contribution in [0.3, 0.4) is 0 Å². The molecule has 0 aromatic rings. The summed E-state index contributed by atoms with van der Waals surface area (Å²) >= 11 is 5.24. The van der Waals surface area contributed by atoms with E-state index < -0.39 is 0 Å². The van der Waals surface area contributed by atoms with E-state index in [2.05, 4.69) is 6.58 Å². The largest absolute Gasteiger partial charge is 0.281 e. The van der Waals surface area contributed by atoms with E-state index in [4.69, 9.17) is 11.6 Å². The molecule has 0 aliphatic heterocycles. The van der Waals surface area contributed by atoms with Crippen molar-refractivity contribution in [1.82, 2.24) is 0 Å². The second kappa shape index (κ2) is 3.67. The maximum absolute atomic E-state index is 10.5. The van der Waals surface area contributed by atoms with Crippen LogP contribution in [-0.4, -0.2) is 5.24 Å². The summed E-state index contributed by atoms with van der Waals surface area (Å²) in [7, 11) is 0. The van der Waals surface area contributed by atoms with Crippen molar-refractivity contribution in [2.45, 2.75) is 20.3 Å². The summed E-state index contributed by atoms with van der Waals surface area (Å²) < 4.78 is 0. The highest BCUT2D eigenvalue weighted by atomic mass is 35.5. The first-order chi connectivity index (χ1) is 4.09. The normalized spacial score (nSPS) is 12.8. The molecule has 0 heterocycles. The summed E-state index contributed by atoms with van der Waals surface area (Å²) in [5.74, 6) is -0.147. The van der Waals surface area contributed by atoms with Crippen molar-refractivity contribution in [3.63, 3.8) is 0 Å². The van der Waals surface area contributed by atoms with Crippen molar-refractivity contribution >= 4 is 16.8 Å². The van der Waals surface area contributed by atoms with Gasteiger partial charge in [-0.2, -0.15) is 0 Å². The van der Waals surface area contributed by atoms with E-state index in [1.807, 2.05) is 13.8 Å². The van der Waals surface area contributed by atoms with E-state index in [1.165, 1.54) is 0 Å².